The van der Waals surface area contributed by atoms with Gasteiger partial charge in [-0.2, -0.15) is 0 Å². The molecule has 4 nitrogen and oxygen atoms in total. The summed E-state index contributed by atoms with van der Waals surface area (Å²) < 4.78 is 2.03. The fraction of sp³-hybridized carbons (Fsp3) is 0.0556. The van der Waals surface area contributed by atoms with Crippen LogP contribution in [0.1, 0.15) is 5.56 Å². The van der Waals surface area contributed by atoms with Crippen LogP contribution in [0.5, 0.6) is 0 Å². The predicted octanol–water partition coefficient (Wildman–Crippen LogP) is 4.20. The summed E-state index contributed by atoms with van der Waals surface area (Å²) in [4.78, 5) is 13.3. The summed E-state index contributed by atoms with van der Waals surface area (Å²) in [6.45, 7) is 0.731. The largest absolute Gasteiger partial charge is 0.311 e. The molecule has 0 fully saturated rings. The van der Waals surface area contributed by atoms with Gasteiger partial charge in [-0.1, -0.05) is 54.1 Å². The first-order valence-corrected chi connectivity index (χ1v) is 7.65. The Morgan fingerprint density at radius 3 is 2.43 bits per heavy atom. The van der Waals surface area contributed by atoms with Gasteiger partial charge in [-0.05, 0) is 17.7 Å². The third kappa shape index (κ3) is 2.69. The molecule has 0 N–H and O–H groups in total. The first-order valence-electron chi connectivity index (χ1n) is 7.27. The highest BCUT2D eigenvalue weighted by atomic mass is 35.5. The zero-order valence-electron chi connectivity index (χ0n) is 12.2. The number of hydrogen-bond donors (Lipinski definition) is 0. The summed E-state index contributed by atoms with van der Waals surface area (Å²) in [5.74, 6) is 0. The topological polar surface area (TPSA) is 43.6 Å². The number of aromatic nitrogens is 4. The first kappa shape index (κ1) is 13.9. The minimum Gasteiger partial charge on any atom is -0.311 e. The van der Waals surface area contributed by atoms with Crippen LogP contribution < -0.4 is 0 Å². The highest BCUT2D eigenvalue weighted by molar-refractivity contribution is 6.30. The molecule has 0 aliphatic heterocycles. The van der Waals surface area contributed by atoms with E-state index in [1.165, 1.54) is 5.56 Å². The summed E-state index contributed by atoms with van der Waals surface area (Å²) in [7, 11) is 0. The van der Waals surface area contributed by atoms with Crippen molar-refractivity contribution in [2.24, 2.45) is 0 Å². The fourth-order valence-electron chi connectivity index (χ4n) is 2.60. The molecule has 0 amide bonds. The Morgan fingerprint density at radius 2 is 1.65 bits per heavy atom. The SMILES string of the molecule is Clc1ccc(-c2ncnc3c2ncn3Cc2ccccc2)cc1. The fourth-order valence-corrected chi connectivity index (χ4v) is 2.72. The lowest BCUT2D eigenvalue weighted by Crippen LogP contribution is -1.99. The number of benzene rings is 2. The first-order chi connectivity index (χ1) is 11.3. The van der Waals surface area contributed by atoms with E-state index in [1.807, 2.05) is 53.4 Å². The normalized spacial score (nSPS) is 11.0. The van der Waals surface area contributed by atoms with Crippen LogP contribution in [-0.4, -0.2) is 19.5 Å². The van der Waals surface area contributed by atoms with Gasteiger partial charge in [0, 0.05) is 10.6 Å². The monoisotopic (exact) mass is 320 g/mol. The van der Waals surface area contributed by atoms with Crippen LogP contribution in [0, 0.1) is 0 Å². The van der Waals surface area contributed by atoms with Crippen LogP contribution in [0.15, 0.2) is 67.3 Å². The number of rotatable bonds is 3. The molecule has 0 aliphatic carbocycles. The Kier molecular flexibility index (Phi) is 3.52. The average Bonchev–Trinajstić information content (AvgIpc) is 3.00. The number of halogens is 1. The Labute approximate surface area is 138 Å². The second-order valence-electron chi connectivity index (χ2n) is 5.26. The summed E-state index contributed by atoms with van der Waals surface area (Å²) in [6.07, 6.45) is 3.39. The molecule has 2 heterocycles. The van der Waals surface area contributed by atoms with Gasteiger partial charge >= 0.3 is 0 Å². The molecule has 4 aromatic rings. The number of fused-ring (bicyclic) bond motifs is 1. The van der Waals surface area contributed by atoms with Crippen molar-refractivity contribution in [1.82, 2.24) is 19.5 Å². The van der Waals surface area contributed by atoms with Gasteiger partial charge in [0.1, 0.15) is 17.5 Å². The van der Waals surface area contributed by atoms with E-state index in [0.717, 1.165) is 29.0 Å². The highest BCUT2D eigenvalue weighted by Gasteiger charge is 2.11. The van der Waals surface area contributed by atoms with E-state index < -0.39 is 0 Å². The maximum Gasteiger partial charge on any atom is 0.164 e. The number of hydrogen-bond acceptors (Lipinski definition) is 3. The molecule has 5 heteroatoms. The second kappa shape index (κ2) is 5.82. The maximum absolute atomic E-state index is 5.96. The molecule has 0 saturated heterocycles. The molecule has 0 atom stereocenters. The van der Waals surface area contributed by atoms with Crippen molar-refractivity contribution in [3.05, 3.63) is 77.8 Å². The van der Waals surface area contributed by atoms with Crippen molar-refractivity contribution in [3.8, 4) is 11.3 Å². The van der Waals surface area contributed by atoms with Gasteiger partial charge in [0.15, 0.2) is 5.65 Å². The lowest BCUT2D eigenvalue weighted by molar-refractivity contribution is 0.813. The zero-order valence-corrected chi connectivity index (χ0v) is 13.0. The minimum absolute atomic E-state index is 0.702. The molecule has 0 radical (unpaired) electrons. The van der Waals surface area contributed by atoms with Crippen LogP contribution in [0.25, 0.3) is 22.4 Å². The van der Waals surface area contributed by atoms with E-state index in [2.05, 4.69) is 27.1 Å². The Hall–Kier alpha value is -2.72. The van der Waals surface area contributed by atoms with Crippen LogP contribution >= 0.6 is 11.6 Å². The third-order valence-corrected chi connectivity index (χ3v) is 3.97. The predicted molar refractivity (Wildman–Crippen MR) is 91.3 cm³/mol. The standard InChI is InChI=1S/C18H13ClN4/c19-15-8-6-14(7-9-15)16-17-18(21-11-20-16)23(12-22-17)10-13-4-2-1-3-5-13/h1-9,11-12H,10H2. The lowest BCUT2D eigenvalue weighted by atomic mass is 10.1. The van der Waals surface area contributed by atoms with Crippen molar-refractivity contribution in [2.45, 2.75) is 6.54 Å². The Morgan fingerprint density at radius 1 is 0.870 bits per heavy atom. The molecule has 0 spiro atoms. The third-order valence-electron chi connectivity index (χ3n) is 3.71. The van der Waals surface area contributed by atoms with Crippen LogP contribution in [0.3, 0.4) is 0 Å². The second-order valence-corrected chi connectivity index (χ2v) is 5.70. The molecule has 2 aromatic carbocycles. The summed E-state index contributed by atoms with van der Waals surface area (Å²) >= 11 is 5.96. The number of nitrogens with zero attached hydrogens (tertiary/aromatic N) is 4. The van der Waals surface area contributed by atoms with Gasteiger partial charge in [-0.25, -0.2) is 15.0 Å². The summed E-state index contributed by atoms with van der Waals surface area (Å²) in [6, 6.07) is 17.8. The van der Waals surface area contributed by atoms with Crippen LogP contribution in [-0.2, 0) is 6.54 Å². The van der Waals surface area contributed by atoms with Crippen molar-refractivity contribution in [3.63, 3.8) is 0 Å². The van der Waals surface area contributed by atoms with E-state index in [4.69, 9.17) is 11.6 Å². The van der Waals surface area contributed by atoms with Gasteiger partial charge in [0.2, 0.25) is 0 Å². The average molecular weight is 321 g/mol. The molecule has 0 aliphatic rings. The van der Waals surface area contributed by atoms with E-state index in [0.29, 0.717) is 5.02 Å². The molecular formula is C18H13ClN4. The number of imidazole rings is 1. The van der Waals surface area contributed by atoms with Gasteiger partial charge in [0.05, 0.1) is 12.9 Å². The lowest BCUT2D eigenvalue weighted by Gasteiger charge is -2.05. The van der Waals surface area contributed by atoms with Crippen LogP contribution in [0.2, 0.25) is 5.02 Å². The molecule has 0 bridgehead atoms. The maximum atomic E-state index is 5.96. The van der Waals surface area contributed by atoms with E-state index in [9.17, 15) is 0 Å². The van der Waals surface area contributed by atoms with Crippen molar-refractivity contribution in [2.75, 3.05) is 0 Å². The molecule has 112 valence electrons. The van der Waals surface area contributed by atoms with Gasteiger partial charge in [-0.15, -0.1) is 0 Å². The van der Waals surface area contributed by atoms with Gasteiger partial charge in [0.25, 0.3) is 0 Å². The van der Waals surface area contributed by atoms with Crippen molar-refractivity contribution >= 4 is 22.8 Å². The van der Waals surface area contributed by atoms with Crippen molar-refractivity contribution < 1.29 is 0 Å². The van der Waals surface area contributed by atoms with Crippen molar-refractivity contribution in [1.29, 1.82) is 0 Å². The molecular weight excluding hydrogens is 308 g/mol. The Balaban J connectivity index is 1.79. The molecule has 4 rings (SSSR count). The van der Waals surface area contributed by atoms with E-state index in [-0.39, 0.29) is 0 Å². The molecule has 23 heavy (non-hydrogen) atoms. The van der Waals surface area contributed by atoms with E-state index >= 15 is 0 Å². The van der Waals surface area contributed by atoms with Gasteiger partial charge in [-0.3, -0.25) is 0 Å². The van der Waals surface area contributed by atoms with Gasteiger partial charge < -0.3 is 4.57 Å². The molecule has 0 saturated carbocycles. The molecule has 0 unspecified atom stereocenters. The smallest absolute Gasteiger partial charge is 0.164 e. The summed E-state index contributed by atoms with van der Waals surface area (Å²) in [5.41, 5.74) is 4.63. The summed E-state index contributed by atoms with van der Waals surface area (Å²) in [5, 5.41) is 0.702. The minimum atomic E-state index is 0.702. The van der Waals surface area contributed by atoms with E-state index in [1.54, 1.807) is 6.33 Å². The quantitative estimate of drug-likeness (QED) is 0.568. The Bertz CT molecular complexity index is 946. The van der Waals surface area contributed by atoms with Crippen LogP contribution in [0.4, 0.5) is 0 Å². The molecule has 2 aromatic heterocycles. The highest BCUT2D eigenvalue weighted by Crippen LogP contribution is 2.25. The zero-order chi connectivity index (χ0) is 15.6.